The lowest BCUT2D eigenvalue weighted by Crippen LogP contribution is -2.35. The first-order valence-electron chi connectivity index (χ1n) is 13.8. The lowest BCUT2D eigenvalue weighted by Gasteiger charge is -2.23. The molecule has 0 spiro atoms. The molecule has 3 saturated heterocycles. The van der Waals surface area contributed by atoms with E-state index in [2.05, 4.69) is 6.07 Å². The summed E-state index contributed by atoms with van der Waals surface area (Å²) in [6.45, 7) is 4.59. The molecular formula is C29H35N3O6S. The third kappa shape index (κ3) is 5.83. The van der Waals surface area contributed by atoms with Crippen LogP contribution in [0.4, 0.5) is 0 Å². The average molecular weight is 554 g/mol. The van der Waals surface area contributed by atoms with E-state index in [-0.39, 0.29) is 28.5 Å². The van der Waals surface area contributed by atoms with E-state index in [0.717, 1.165) is 44.6 Å². The van der Waals surface area contributed by atoms with Crippen LogP contribution in [0.5, 0.6) is 5.75 Å². The molecule has 2 aromatic rings. The molecule has 2 amide bonds. The first-order valence-corrected chi connectivity index (χ1v) is 15.4. The van der Waals surface area contributed by atoms with Crippen molar-refractivity contribution in [1.82, 2.24) is 9.80 Å². The number of carbonyl (C=O) groups excluding carboxylic acids is 2. The average Bonchev–Trinajstić information content (AvgIpc) is 3.61. The molecule has 39 heavy (non-hydrogen) atoms. The van der Waals surface area contributed by atoms with Crippen molar-refractivity contribution in [2.24, 2.45) is 22.9 Å². The van der Waals surface area contributed by atoms with Crippen LogP contribution < -0.4 is 9.88 Å². The molecule has 0 radical (unpaired) electrons. The zero-order valence-electron chi connectivity index (χ0n) is 22.0. The largest absolute Gasteiger partial charge is 0.493 e. The van der Waals surface area contributed by atoms with Crippen molar-refractivity contribution in [3.8, 4) is 5.75 Å². The zero-order chi connectivity index (χ0) is 27.1. The number of nitrogens with zero attached hydrogens (tertiary/aromatic N) is 2. The van der Waals surface area contributed by atoms with E-state index in [4.69, 9.17) is 14.6 Å². The summed E-state index contributed by atoms with van der Waals surface area (Å²) in [7, 11) is -3.80. The van der Waals surface area contributed by atoms with Crippen LogP contribution >= 0.6 is 0 Å². The number of hydrogen-bond acceptors (Lipinski definition) is 6. The number of primary sulfonamides is 1. The summed E-state index contributed by atoms with van der Waals surface area (Å²) in [4.78, 5) is 30.3. The summed E-state index contributed by atoms with van der Waals surface area (Å²) in [5, 5.41) is 5.16. The van der Waals surface area contributed by atoms with Gasteiger partial charge in [-0.1, -0.05) is 0 Å². The van der Waals surface area contributed by atoms with Gasteiger partial charge in [-0.2, -0.15) is 0 Å². The summed E-state index contributed by atoms with van der Waals surface area (Å²) >= 11 is 0. The summed E-state index contributed by atoms with van der Waals surface area (Å²) in [6, 6.07) is 11.8. The molecule has 4 aliphatic rings. The minimum Gasteiger partial charge on any atom is -0.493 e. The number of hydrogen-bond donors (Lipinski definition) is 1. The van der Waals surface area contributed by atoms with E-state index in [1.807, 2.05) is 17.0 Å². The van der Waals surface area contributed by atoms with Crippen molar-refractivity contribution in [3.05, 3.63) is 59.2 Å². The Balaban J connectivity index is 1.09. The Morgan fingerprint density at radius 3 is 2.00 bits per heavy atom. The highest BCUT2D eigenvalue weighted by Gasteiger charge is 2.43. The molecule has 208 valence electrons. The molecule has 0 unspecified atom stereocenters. The van der Waals surface area contributed by atoms with Crippen molar-refractivity contribution in [3.63, 3.8) is 0 Å². The van der Waals surface area contributed by atoms with Gasteiger partial charge in [0.25, 0.3) is 11.8 Å². The monoisotopic (exact) mass is 553 g/mol. The number of fused-ring (bicyclic) bond motifs is 1. The quantitative estimate of drug-likeness (QED) is 0.563. The SMILES string of the molecule is NS(=O)(=O)c1ccc(C(=O)N2C[C@H]3CN(C(=O)c4cc(OCC5CCOCC5)cc(C5CC5)c4)C[C@@H]3C2)cc1. The second-order valence-electron chi connectivity index (χ2n) is 11.4. The van der Waals surface area contributed by atoms with Crippen LogP contribution in [0.2, 0.25) is 0 Å². The number of amides is 2. The normalized spacial score (nSPS) is 23.6. The molecule has 1 saturated carbocycles. The Morgan fingerprint density at radius 1 is 0.846 bits per heavy atom. The molecular weight excluding hydrogens is 518 g/mol. The van der Waals surface area contributed by atoms with Crippen molar-refractivity contribution < 1.29 is 27.5 Å². The molecule has 2 atom stereocenters. The van der Waals surface area contributed by atoms with Crippen LogP contribution in [0.1, 0.15) is 57.9 Å². The Morgan fingerprint density at radius 2 is 1.44 bits per heavy atom. The molecule has 3 aliphatic heterocycles. The number of likely N-dealkylation sites (tertiary alicyclic amines) is 2. The van der Waals surface area contributed by atoms with Crippen molar-refractivity contribution in [2.75, 3.05) is 46.0 Å². The van der Waals surface area contributed by atoms with E-state index in [1.165, 1.54) is 29.8 Å². The fraction of sp³-hybridized carbons (Fsp3) is 0.517. The summed E-state index contributed by atoms with van der Waals surface area (Å²) in [5.41, 5.74) is 2.30. The lowest BCUT2D eigenvalue weighted by atomic mass is 10.0. The second-order valence-corrected chi connectivity index (χ2v) is 13.0. The van der Waals surface area contributed by atoms with Gasteiger partial charge in [-0.25, -0.2) is 13.6 Å². The zero-order valence-corrected chi connectivity index (χ0v) is 22.8. The van der Waals surface area contributed by atoms with Gasteiger partial charge in [0.15, 0.2) is 0 Å². The third-order valence-corrected chi connectivity index (χ3v) is 9.47. The van der Waals surface area contributed by atoms with Crippen LogP contribution in [-0.2, 0) is 14.8 Å². The van der Waals surface area contributed by atoms with Crippen LogP contribution in [0.15, 0.2) is 47.4 Å². The summed E-state index contributed by atoms with van der Waals surface area (Å²) in [5.74, 6) is 2.11. The first-order chi connectivity index (χ1) is 18.7. The lowest BCUT2D eigenvalue weighted by molar-refractivity contribution is 0.0497. The van der Waals surface area contributed by atoms with Crippen LogP contribution in [0.25, 0.3) is 0 Å². The Labute approximate surface area is 229 Å². The molecule has 6 rings (SSSR count). The van der Waals surface area contributed by atoms with Crippen LogP contribution in [0, 0.1) is 17.8 Å². The maximum absolute atomic E-state index is 13.6. The molecule has 1 aliphatic carbocycles. The van der Waals surface area contributed by atoms with Crippen molar-refractivity contribution in [1.29, 1.82) is 0 Å². The Hall–Kier alpha value is -2.95. The predicted octanol–water partition coefficient (Wildman–Crippen LogP) is 2.86. The van der Waals surface area contributed by atoms with E-state index >= 15 is 0 Å². The summed E-state index contributed by atoms with van der Waals surface area (Å²) in [6.07, 6.45) is 4.31. The molecule has 0 bridgehead atoms. The van der Waals surface area contributed by atoms with E-state index < -0.39 is 10.0 Å². The first kappa shape index (κ1) is 26.3. The third-order valence-electron chi connectivity index (χ3n) is 8.54. The predicted molar refractivity (Wildman–Crippen MR) is 144 cm³/mol. The van der Waals surface area contributed by atoms with E-state index in [0.29, 0.717) is 55.7 Å². The Kier molecular flexibility index (Phi) is 7.11. The highest BCUT2D eigenvalue weighted by molar-refractivity contribution is 7.89. The van der Waals surface area contributed by atoms with Gasteiger partial charge in [0.2, 0.25) is 10.0 Å². The maximum Gasteiger partial charge on any atom is 0.254 e. The van der Waals surface area contributed by atoms with Gasteiger partial charge in [-0.05, 0) is 85.5 Å². The van der Waals surface area contributed by atoms with Gasteiger partial charge in [0.1, 0.15) is 5.75 Å². The minimum absolute atomic E-state index is 0.0191. The number of rotatable bonds is 7. The van der Waals surface area contributed by atoms with E-state index in [9.17, 15) is 18.0 Å². The molecule has 3 heterocycles. The minimum atomic E-state index is -3.80. The fourth-order valence-electron chi connectivity index (χ4n) is 6.09. The smallest absolute Gasteiger partial charge is 0.254 e. The molecule has 2 aromatic carbocycles. The van der Waals surface area contributed by atoms with Crippen molar-refractivity contribution in [2.45, 2.75) is 36.5 Å². The number of carbonyl (C=O) groups is 2. The van der Waals surface area contributed by atoms with Gasteiger partial charge in [0, 0.05) is 62.4 Å². The molecule has 9 nitrogen and oxygen atoms in total. The standard InChI is InChI=1S/C29H35N3O6S/c30-39(35,36)27-5-3-21(4-6-27)28(33)31-14-24-16-32(17-25(24)15-31)29(34)23-11-22(20-1-2-20)12-26(13-23)38-18-19-7-9-37-10-8-19/h3-6,11-13,19-20,24-25H,1-2,7-10,14-18H2,(H2,30,35,36)/t24-,25-/m0/s1. The summed E-state index contributed by atoms with van der Waals surface area (Å²) < 4.78 is 34.6. The van der Waals surface area contributed by atoms with Gasteiger partial charge in [-0.3, -0.25) is 9.59 Å². The number of sulfonamides is 1. The molecule has 2 N–H and O–H groups in total. The fourth-order valence-corrected chi connectivity index (χ4v) is 6.60. The topological polar surface area (TPSA) is 119 Å². The second kappa shape index (κ2) is 10.6. The Bertz CT molecular complexity index is 1340. The maximum atomic E-state index is 13.6. The molecule has 0 aromatic heterocycles. The van der Waals surface area contributed by atoms with Gasteiger partial charge in [-0.15, -0.1) is 0 Å². The molecule has 10 heteroatoms. The number of nitrogens with two attached hydrogens (primary N) is 1. The van der Waals surface area contributed by atoms with Gasteiger partial charge < -0.3 is 19.3 Å². The highest BCUT2D eigenvalue weighted by atomic mass is 32.2. The van der Waals surface area contributed by atoms with E-state index in [1.54, 1.807) is 4.90 Å². The number of benzene rings is 2. The van der Waals surface area contributed by atoms with Gasteiger partial charge >= 0.3 is 0 Å². The highest BCUT2D eigenvalue weighted by Crippen LogP contribution is 2.42. The molecule has 4 fully saturated rings. The van der Waals surface area contributed by atoms with Crippen LogP contribution in [0.3, 0.4) is 0 Å². The number of ether oxygens (including phenoxy) is 2. The van der Waals surface area contributed by atoms with Gasteiger partial charge in [0.05, 0.1) is 11.5 Å². The van der Waals surface area contributed by atoms with Crippen LogP contribution in [-0.4, -0.2) is 76.0 Å². The van der Waals surface area contributed by atoms with Crippen molar-refractivity contribution >= 4 is 21.8 Å².